The first-order valence-corrected chi connectivity index (χ1v) is 10.1. The molecule has 154 valence electrons. The summed E-state index contributed by atoms with van der Waals surface area (Å²) in [5, 5.41) is 3.31. The molecule has 1 amide bonds. The van der Waals surface area contributed by atoms with Gasteiger partial charge in [-0.25, -0.2) is 4.39 Å². The van der Waals surface area contributed by atoms with E-state index in [4.69, 9.17) is 4.74 Å². The van der Waals surface area contributed by atoms with Crippen LogP contribution in [0.3, 0.4) is 0 Å². The first-order chi connectivity index (χ1) is 14.7. The maximum Gasteiger partial charge on any atom is 0.234 e. The summed E-state index contributed by atoms with van der Waals surface area (Å²) in [6, 6.07) is 17.4. The second kappa shape index (κ2) is 9.50. The van der Waals surface area contributed by atoms with Gasteiger partial charge in [-0.1, -0.05) is 18.2 Å². The molecular weight excluding hydrogens is 381 g/mol. The van der Waals surface area contributed by atoms with Crippen molar-refractivity contribution in [2.24, 2.45) is 5.92 Å². The summed E-state index contributed by atoms with van der Waals surface area (Å²) in [6.07, 6.45) is 5.00. The molecule has 0 spiro atoms. The van der Waals surface area contributed by atoms with Crippen molar-refractivity contribution < 1.29 is 13.9 Å². The van der Waals surface area contributed by atoms with Crippen LogP contribution in [-0.2, 0) is 11.4 Å². The molecule has 1 fully saturated rings. The number of hydrogen-bond acceptors (Lipinski definition) is 4. The van der Waals surface area contributed by atoms with E-state index in [9.17, 15) is 9.18 Å². The summed E-state index contributed by atoms with van der Waals surface area (Å²) in [5.41, 5.74) is 2.26. The molecular formula is C24H24FN3O2. The predicted octanol–water partition coefficient (Wildman–Crippen LogP) is 4.46. The Hall–Kier alpha value is -3.25. The topological polar surface area (TPSA) is 54.5 Å². The second-order valence-corrected chi connectivity index (χ2v) is 7.32. The van der Waals surface area contributed by atoms with Gasteiger partial charge in [0.15, 0.2) is 0 Å². The summed E-state index contributed by atoms with van der Waals surface area (Å²) in [4.78, 5) is 19.2. The van der Waals surface area contributed by atoms with E-state index in [1.165, 1.54) is 12.1 Å². The summed E-state index contributed by atoms with van der Waals surface area (Å²) >= 11 is 0. The molecule has 0 atom stereocenters. The molecule has 0 bridgehead atoms. The largest absolute Gasteiger partial charge is 0.489 e. The van der Waals surface area contributed by atoms with E-state index in [1.807, 2.05) is 42.5 Å². The van der Waals surface area contributed by atoms with Gasteiger partial charge in [0.05, 0.1) is 11.4 Å². The minimum absolute atomic E-state index is 0.0312. The number of nitrogens with zero attached hydrogens (tertiary/aromatic N) is 2. The molecule has 2 aromatic carbocycles. The Kier molecular flexibility index (Phi) is 6.35. The zero-order valence-electron chi connectivity index (χ0n) is 16.6. The summed E-state index contributed by atoms with van der Waals surface area (Å²) in [7, 11) is 0. The van der Waals surface area contributed by atoms with Gasteiger partial charge in [-0.2, -0.15) is 0 Å². The number of piperidine rings is 1. The molecule has 5 nitrogen and oxygen atoms in total. The molecule has 1 N–H and O–H groups in total. The number of hydrogen-bond donors (Lipinski definition) is 1. The number of amides is 1. The van der Waals surface area contributed by atoms with Gasteiger partial charge < -0.3 is 10.1 Å². The minimum Gasteiger partial charge on any atom is -0.489 e. The quantitative estimate of drug-likeness (QED) is 0.658. The summed E-state index contributed by atoms with van der Waals surface area (Å²) in [6.45, 7) is 1.94. The molecule has 0 unspecified atom stereocenters. The van der Waals surface area contributed by atoms with Gasteiger partial charge in [0.25, 0.3) is 0 Å². The fourth-order valence-corrected chi connectivity index (χ4v) is 3.65. The summed E-state index contributed by atoms with van der Waals surface area (Å²) < 4.78 is 19.3. The van der Waals surface area contributed by atoms with Crippen LogP contribution in [0.25, 0.3) is 0 Å². The number of rotatable bonds is 6. The minimum atomic E-state index is -0.290. The van der Waals surface area contributed by atoms with Crippen LogP contribution in [0.5, 0.6) is 5.75 Å². The third-order valence-electron chi connectivity index (χ3n) is 5.20. The molecule has 0 radical (unpaired) electrons. The van der Waals surface area contributed by atoms with Crippen LogP contribution in [0, 0.1) is 11.7 Å². The molecule has 1 aliphatic rings. The Morgan fingerprint density at radius 3 is 2.57 bits per heavy atom. The lowest BCUT2D eigenvalue weighted by Gasteiger charge is -2.30. The van der Waals surface area contributed by atoms with Crippen LogP contribution in [0.4, 0.5) is 15.8 Å². The second-order valence-electron chi connectivity index (χ2n) is 7.32. The van der Waals surface area contributed by atoms with Crippen molar-refractivity contribution in [1.29, 1.82) is 0 Å². The number of benzene rings is 2. The third kappa shape index (κ3) is 4.83. The maximum atomic E-state index is 13.4. The number of aromatic nitrogens is 1. The highest BCUT2D eigenvalue weighted by Crippen LogP contribution is 2.31. The number of ether oxygens (including phenoxy) is 1. The number of carbonyl (C=O) groups is 1. The molecule has 6 heteroatoms. The summed E-state index contributed by atoms with van der Waals surface area (Å²) in [5.74, 6) is 0.372. The van der Waals surface area contributed by atoms with Crippen LogP contribution >= 0.6 is 0 Å². The molecule has 4 rings (SSSR count). The molecule has 1 aliphatic heterocycles. The predicted molar refractivity (Wildman–Crippen MR) is 114 cm³/mol. The number of nitrogens with one attached hydrogen (secondary N) is 1. The van der Waals surface area contributed by atoms with Crippen LogP contribution in [0.1, 0.15) is 18.4 Å². The Labute approximate surface area is 175 Å². The normalized spacial score (nSPS) is 14.3. The van der Waals surface area contributed by atoms with Crippen molar-refractivity contribution in [3.63, 3.8) is 0 Å². The average molecular weight is 405 g/mol. The molecule has 1 saturated heterocycles. The lowest BCUT2D eigenvalue weighted by molar-refractivity contribution is -0.122. The molecule has 30 heavy (non-hydrogen) atoms. The number of anilines is 2. The maximum absolute atomic E-state index is 13.4. The van der Waals surface area contributed by atoms with Crippen molar-refractivity contribution in [3.8, 4) is 5.75 Å². The molecule has 0 saturated carbocycles. The Morgan fingerprint density at radius 1 is 1.03 bits per heavy atom. The van der Waals surface area contributed by atoms with Gasteiger partial charge in [0, 0.05) is 24.4 Å². The molecule has 0 aliphatic carbocycles. The van der Waals surface area contributed by atoms with Crippen LogP contribution in [0.15, 0.2) is 73.1 Å². The van der Waals surface area contributed by atoms with Gasteiger partial charge in [-0.15, -0.1) is 0 Å². The monoisotopic (exact) mass is 405 g/mol. The van der Waals surface area contributed by atoms with Crippen molar-refractivity contribution >= 4 is 17.3 Å². The van der Waals surface area contributed by atoms with Crippen LogP contribution in [-0.4, -0.2) is 24.0 Å². The fourth-order valence-electron chi connectivity index (χ4n) is 3.65. The van der Waals surface area contributed by atoms with Crippen LogP contribution < -0.4 is 15.0 Å². The number of carbonyl (C=O) groups excluding carboxylic acids is 1. The van der Waals surface area contributed by atoms with Gasteiger partial charge in [-0.3, -0.25) is 14.7 Å². The molecule has 3 aromatic rings. The van der Waals surface area contributed by atoms with Crippen molar-refractivity contribution in [3.05, 3.63) is 84.4 Å². The lowest BCUT2D eigenvalue weighted by atomic mass is 9.96. The highest BCUT2D eigenvalue weighted by Gasteiger charge is 2.28. The van der Waals surface area contributed by atoms with E-state index in [0.717, 1.165) is 42.9 Å². The van der Waals surface area contributed by atoms with E-state index in [-0.39, 0.29) is 24.2 Å². The highest BCUT2D eigenvalue weighted by atomic mass is 19.1. The number of pyridine rings is 1. The van der Waals surface area contributed by atoms with Gasteiger partial charge >= 0.3 is 0 Å². The highest BCUT2D eigenvalue weighted by molar-refractivity contribution is 6.02. The zero-order valence-corrected chi connectivity index (χ0v) is 16.6. The van der Waals surface area contributed by atoms with Gasteiger partial charge in [0.1, 0.15) is 18.2 Å². The van der Waals surface area contributed by atoms with E-state index in [2.05, 4.69) is 10.3 Å². The van der Waals surface area contributed by atoms with E-state index in [0.29, 0.717) is 5.75 Å². The Balaban J connectivity index is 1.59. The molecule has 2 heterocycles. The van der Waals surface area contributed by atoms with Gasteiger partial charge in [0.2, 0.25) is 5.91 Å². The van der Waals surface area contributed by atoms with Crippen molar-refractivity contribution in [1.82, 2.24) is 10.3 Å². The smallest absolute Gasteiger partial charge is 0.234 e. The SMILES string of the molecule is O=C(C1CCNCC1)N(c1ccncc1)c1cccc(OCc2cccc(F)c2)c1. The van der Waals surface area contributed by atoms with Gasteiger partial charge in [-0.05, 0) is 67.9 Å². The van der Waals surface area contributed by atoms with E-state index < -0.39 is 0 Å². The first-order valence-electron chi connectivity index (χ1n) is 10.1. The van der Waals surface area contributed by atoms with Crippen molar-refractivity contribution in [2.45, 2.75) is 19.4 Å². The fraction of sp³-hybridized carbons (Fsp3) is 0.250. The molecule has 1 aromatic heterocycles. The van der Waals surface area contributed by atoms with Crippen molar-refractivity contribution in [2.75, 3.05) is 18.0 Å². The van der Waals surface area contributed by atoms with E-state index in [1.54, 1.807) is 23.4 Å². The third-order valence-corrected chi connectivity index (χ3v) is 5.20. The lowest BCUT2D eigenvalue weighted by Crippen LogP contribution is -2.39. The van der Waals surface area contributed by atoms with E-state index >= 15 is 0 Å². The first kappa shape index (κ1) is 20.0. The average Bonchev–Trinajstić information content (AvgIpc) is 2.79. The Morgan fingerprint density at radius 2 is 1.80 bits per heavy atom. The zero-order chi connectivity index (χ0) is 20.8. The number of halogens is 1. The Bertz CT molecular complexity index is 991. The standard InChI is InChI=1S/C24H24FN3O2/c25-20-4-1-3-18(15-20)17-30-23-6-2-5-22(16-23)28(21-9-13-27-14-10-21)24(29)19-7-11-26-12-8-19/h1-6,9-10,13-16,19,26H,7-8,11-12,17H2. The van der Waals surface area contributed by atoms with Crippen LogP contribution in [0.2, 0.25) is 0 Å².